The van der Waals surface area contributed by atoms with E-state index in [2.05, 4.69) is 4.98 Å². The first-order valence-corrected chi connectivity index (χ1v) is 9.87. The largest absolute Gasteiger partial charge is 0.494 e. The second kappa shape index (κ2) is 9.02. The van der Waals surface area contributed by atoms with Crippen molar-refractivity contribution in [3.8, 4) is 5.75 Å². The van der Waals surface area contributed by atoms with Crippen LogP contribution in [0.1, 0.15) is 10.4 Å². The molecule has 0 N–H and O–H groups in total. The van der Waals surface area contributed by atoms with E-state index in [1.807, 2.05) is 25.1 Å². The van der Waals surface area contributed by atoms with Crippen LogP contribution in [-0.2, 0) is 0 Å². The van der Waals surface area contributed by atoms with E-state index in [0.29, 0.717) is 22.9 Å². The minimum absolute atomic E-state index is 0.161. The molecule has 0 saturated heterocycles. The Morgan fingerprint density at radius 3 is 2.29 bits per heavy atom. The van der Waals surface area contributed by atoms with Gasteiger partial charge in [-0.2, -0.15) is 0 Å². The van der Waals surface area contributed by atoms with E-state index >= 15 is 0 Å². The summed E-state index contributed by atoms with van der Waals surface area (Å²) in [6, 6.07) is 8.29. The smallest absolute Gasteiger partial charge is 0.277 e. The zero-order valence-electron chi connectivity index (χ0n) is 17.0. The lowest BCUT2D eigenvalue weighted by Gasteiger charge is -2.22. The number of para-hydroxylation sites is 1. The van der Waals surface area contributed by atoms with Crippen molar-refractivity contribution in [1.29, 1.82) is 0 Å². The van der Waals surface area contributed by atoms with Crippen LogP contribution in [0.25, 0.3) is 10.2 Å². The van der Waals surface area contributed by atoms with Gasteiger partial charge in [-0.3, -0.25) is 29.9 Å². The zero-order valence-corrected chi connectivity index (χ0v) is 17.8. The van der Waals surface area contributed by atoms with Crippen LogP contribution in [0.4, 0.5) is 16.5 Å². The molecule has 1 aromatic heterocycles. The number of thiazole rings is 1. The molecule has 0 aliphatic carbocycles. The van der Waals surface area contributed by atoms with Crippen molar-refractivity contribution in [2.75, 3.05) is 39.2 Å². The molecule has 2 aromatic carbocycles. The predicted molar refractivity (Wildman–Crippen MR) is 116 cm³/mol. The summed E-state index contributed by atoms with van der Waals surface area (Å²) in [5.41, 5.74) is -0.643. The number of nitro groups is 2. The number of likely N-dealkylation sites (N-methyl/N-ethyl adjacent to an activating group) is 1. The van der Waals surface area contributed by atoms with Crippen molar-refractivity contribution < 1.29 is 19.4 Å². The Balaban J connectivity index is 2.10. The van der Waals surface area contributed by atoms with Crippen molar-refractivity contribution in [2.24, 2.45) is 0 Å². The van der Waals surface area contributed by atoms with Crippen molar-refractivity contribution in [1.82, 2.24) is 9.88 Å². The molecular weight excluding hydrogens is 426 g/mol. The molecular formula is C19H19N5O6S. The number of methoxy groups -OCH3 is 1. The van der Waals surface area contributed by atoms with E-state index in [1.165, 1.54) is 23.3 Å². The first kappa shape index (κ1) is 22.1. The van der Waals surface area contributed by atoms with Crippen LogP contribution in [0.15, 0.2) is 36.4 Å². The summed E-state index contributed by atoms with van der Waals surface area (Å²) in [6.45, 7) is 0.709. The van der Waals surface area contributed by atoms with Crippen LogP contribution in [0.2, 0.25) is 0 Å². The van der Waals surface area contributed by atoms with Crippen LogP contribution in [-0.4, -0.2) is 59.9 Å². The zero-order chi connectivity index (χ0) is 22.7. The number of ether oxygens (including phenoxy) is 1. The molecule has 0 spiro atoms. The Kier molecular flexibility index (Phi) is 6.42. The highest BCUT2D eigenvalue weighted by Gasteiger charge is 2.26. The number of nitro benzene ring substituents is 2. The van der Waals surface area contributed by atoms with E-state index < -0.39 is 27.1 Å². The molecule has 0 aliphatic rings. The maximum Gasteiger partial charge on any atom is 0.277 e. The summed E-state index contributed by atoms with van der Waals surface area (Å²) in [4.78, 5) is 42.0. The maximum atomic E-state index is 13.3. The SMILES string of the molecule is COc1cccc2sc(N(CCN(C)C)C(=O)c3cc([N+](=O)[O-])cc([N+](=O)[O-])c3)nc12. The Hall–Kier alpha value is -3.64. The monoisotopic (exact) mass is 445 g/mol. The fourth-order valence-electron chi connectivity index (χ4n) is 2.86. The number of nitrogens with zero attached hydrogens (tertiary/aromatic N) is 5. The molecule has 1 amide bonds. The number of carbonyl (C=O) groups excluding carboxylic acids is 1. The minimum atomic E-state index is -0.767. The van der Waals surface area contributed by atoms with Crippen molar-refractivity contribution in [2.45, 2.75) is 0 Å². The number of hydrogen-bond donors (Lipinski definition) is 0. The van der Waals surface area contributed by atoms with Gasteiger partial charge in [-0.05, 0) is 26.2 Å². The highest BCUT2D eigenvalue weighted by Crippen LogP contribution is 2.35. The van der Waals surface area contributed by atoms with Crippen LogP contribution < -0.4 is 9.64 Å². The summed E-state index contributed by atoms with van der Waals surface area (Å²) in [7, 11) is 5.19. The Labute approximate surface area is 180 Å². The standard InChI is InChI=1S/C19H19N5O6S/c1-21(2)7-8-22(19-20-17-15(30-3)5-4-6-16(17)31-19)18(25)12-9-13(23(26)27)11-14(10-12)24(28)29/h4-6,9-11H,7-8H2,1-3H3. The Bertz CT molecular complexity index is 1130. The van der Waals surface area contributed by atoms with Crippen molar-refractivity contribution in [3.05, 3.63) is 62.2 Å². The molecule has 1 heterocycles. The van der Waals surface area contributed by atoms with Gasteiger partial charge in [0, 0.05) is 25.2 Å². The van der Waals surface area contributed by atoms with Gasteiger partial charge < -0.3 is 9.64 Å². The molecule has 0 bridgehead atoms. The van der Waals surface area contributed by atoms with Crippen LogP contribution in [0.5, 0.6) is 5.75 Å². The fraction of sp³-hybridized carbons (Fsp3) is 0.263. The number of benzene rings is 2. The van der Waals surface area contributed by atoms with E-state index in [9.17, 15) is 25.0 Å². The molecule has 11 nitrogen and oxygen atoms in total. The van der Waals surface area contributed by atoms with Crippen LogP contribution in [0, 0.1) is 20.2 Å². The molecule has 31 heavy (non-hydrogen) atoms. The first-order valence-electron chi connectivity index (χ1n) is 9.05. The first-order chi connectivity index (χ1) is 14.7. The van der Waals surface area contributed by atoms with E-state index in [1.54, 1.807) is 12.1 Å². The number of non-ortho nitro benzene ring substituents is 2. The van der Waals surface area contributed by atoms with Crippen molar-refractivity contribution >= 4 is 44.0 Å². The van der Waals surface area contributed by atoms with Gasteiger partial charge in [0.15, 0.2) is 5.13 Å². The van der Waals surface area contributed by atoms with E-state index in [4.69, 9.17) is 4.74 Å². The second-order valence-corrected chi connectivity index (χ2v) is 7.82. The van der Waals surface area contributed by atoms with E-state index in [0.717, 1.165) is 22.9 Å². The lowest BCUT2D eigenvalue weighted by atomic mass is 10.1. The number of aromatic nitrogens is 1. The summed E-state index contributed by atoms with van der Waals surface area (Å²) < 4.78 is 6.12. The third-order valence-corrected chi connectivity index (χ3v) is 5.45. The average Bonchev–Trinajstić information content (AvgIpc) is 3.17. The third-order valence-electron chi connectivity index (χ3n) is 4.41. The summed E-state index contributed by atoms with van der Waals surface area (Å²) >= 11 is 1.26. The van der Waals surface area contributed by atoms with Crippen LogP contribution in [0.3, 0.4) is 0 Å². The second-order valence-electron chi connectivity index (χ2n) is 6.82. The number of carbonyl (C=O) groups is 1. The fourth-order valence-corrected chi connectivity index (χ4v) is 3.87. The average molecular weight is 445 g/mol. The molecule has 162 valence electrons. The Morgan fingerprint density at radius 1 is 1.10 bits per heavy atom. The molecule has 12 heteroatoms. The number of anilines is 1. The van der Waals surface area contributed by atoms with Gasteiger partial charge in [0.1, 0.15) is 11.3 Å². The van der Waals surface area contributed by atoms with Gasteiger partial charge >= 0.3 is 0 Å². The van der Waals surface area contributed by atoms with Gasteiger partial charge in [0.05, 0.1) is 33.3 Å². The number of fused-ring (bicyclic) bond motifs is 1. The van der Waals surface area contributed by atoms with Gasteiger partial charge in [-0.1, -0.05) is 17.4 Å². The molecule has 0 atom stereocenters. The lowest BCUT2D eigenvalue weighted by Crippen LogP contribution is -2.36. The highest BCUT2D eigenvalue weighted by atomic mass is 32.1. The lowest BCUT2D eigenvalue weighted by molar-refractivity contribution is -0.394. The molecule has 3 rings (SSSR count). The number of rotatable bonds is 8. The van der Waals surface area contributed by atoms with Crippen molar-refractivity contribution in [3.63, 3.8) is 0 Å². The van der Waals surface area contributed by atoms with Gasteiger partial charge in [-0.25, -0.2) is 4.98 Å². The van der Waals surface area contributed by atoms with Gasteiger partial charge in [-0.15, -0.1) is 0 Å². The minimum Gasteiger partial charge on any atom is -0.494 e. The Morgan fingerprint density at radius 2 is 1.74 bits per heavy atom. The van der Waals surface area contributed by atoms with Gasteiger partial charge in [0.2, 0.25) is 0 Å². The third kappa shape index (κ3) is 4.75. The summed E-state index contributed by atoms with van der Waals surface area (Å²) in [5.74, 6) is -0.0716. The highest BCUT2D eigenvalue weighted by molar-refractivity contribution is 7.22. The topological polar surface area (TPSA) is 132 Å². The van der Waals surface area contributed by atoms with Gasteiger partial charge in [0.25, 0.3) is 17.3 Å². The molecule has 0 fully saturated rings. The van der Waals surface area contributed by atoms with E-state index in [-0.39, 0.29) is 12.1 Å². The molecule has 0 aliphatic heterocycles. The maximum absolute atomic E-state index is 13.3. The number of hydrogen-bond acceptors (Lipinski definition) is 9. The number of amides is 1. The molecule has 0 unspecified atom stereocenters. The molecule has 0 saturated carbocycles. The predicted octanol–water partition coefficient (Wildman–Crippen LogP) is 3.33. The molecule has 0 radical (unpaired) electrons. The normalized spacial score (nSPS) is 11.0. The molecule has 3 aromatic rings. The summed E-state index contributed by atoms with van der Waals surface area (Å²) in [5, 5.41) is 22.8. The van der Waals surface area contributed by atoms with Crippen LogP contribution >= 0.6 is 11.3 Å². The summed E-state index contributed by atoms with van der Waals surface area (Å²) in [6.07, 6.45) is 0. The quantitative estimate of drug-likeness (QED) is 0.381.